The van der Waals surface area contributed by atoms with Crippen molar-refractivity contribution in [3.05, 3.63) is 83.6 Å². The molecule has 0 bridgehead atoms. The number of halogens is 1. The van der Waals surface area contributed by atoms with Crippen LogP contribution in [0.5, 0.6) is 0 Å². The zero-order valence-corrected chi connectivity index (χ0v) is 21.6. The molecule has 0 saturated carbocycles. The van der Waals surface area contributed by atoms with Gasteiger partial charge in [0, 0.05) is 35.2 Å². The van der Waals surface area contributed by atoms with Gasteiger partial charge in [-0.2, -0.15) is 10.4 Å². The molecule has 2 aromatic heterocycles. The van der Waals surface area contributed by atoms with E-state index in [2.05, 4.69) is 47.2 Å². The molecular formula is C29H28FN7O. The van der Waals surface area contributed by atoms with Gasteiger partial charge >= 0.3 is 0 Å². The highest BCUT2D eigenvalue weighted by atomic mass is 19.1. The number of carbonyl (C=O) groups excluding carboxylic acids is 1. The van der Waals surface area contributed by atoms with Crippen molar-refractivity contribution in [2.75, 3.05) is 16.8 Å². The third-order valence-corrected chi connectivity index (χ3v) is 6.58. The van der Waals surface area contributed by atoms with Gasteiger partial charge in [0.2, 0.25) is 5.95 Å². The monoisotopic (exact) mass is 509 g/mol. The Morgan fingerprint density at radius 3 is 2.68 bits per heavy atom. The van der Waals surface area contributed by atoms with Crippen molar-refractivity contribution in [3.8, 4) is 17.3 Å². The van der Waals surface area contributed by atoms with Crippen LogP contribution in [-0.2, 0) is 18.4 Å². The highest BCUT2D eigenvalue weighted by Crippen LogP contribution is 2.33. The number of rotatable bonds is 6. The predicted octanol–water partition coefficient (Wildman–Crippen LogP) is 5.64. The Balaban J connectivity index is 1.32. The van der Waals surface area contributed by atoms with Gasteiger partial charge in [-0.05, 0) is 53.3 Å². The second kappa shape index (κ2) is 10.1. The first-order chi connectivity index (χ1) is 18.2. The number of nitrogens with zero attached hydrogens (tertiary/aromatic N) is 6. The summed E-state index contributed by atoms with van der Waals surface area (Å²) >= 11 is 0. The van der Waals surface area contributed by atoms with Crippen LogP contribution in [0, 0.1) is 17.1 Å². The number of benzene rings is 2. The summed E-state index contributed by atoms with van der Waals surface area (Å²) in [5.74, 6) is -0.336. The van der Waals surface area contributed by atoms with Crippen LogP contribution in [0.2, 0.25) is 0 Å². The number of hydrogen-bond donors (Lipinski definition) is 1. The molecule has 1 amide bonds. The molecule has 5 rings (SSSR count). The second-order valence-corrected chi connectivity index (χ2v) is 10.3. The van der Waals surface area contributed by atoms with Gasteiger partial charge in [0.05, 0.1) is 31.4 Å². The first-order valence-electron chi connectivity index (χ1n) is 12.5. The van der Waals surface area contributed by atoms with E-state index in [1.54, 1.807) is 10.9 Å². The molecule has 8 nitrogen and oxygen atoms in total. The number of carbonyl (C=O) groups is 1. The van der Waals surface area contributed by atoms with Crippen LogP contribution >= 0.6 is 0 Å². The van der Waals surface area contributed by atoms with Crippen LogP contribution in [-0.4, -0.2) is 32.2 Å². The summed E-state index contributed by atoms with van der Waals surface area (Å²) in [6.07, 6.45) is 5.34. The topological polar surface area (TPSA) is 99.7 Å². The van der Waals surface area contributed by atoms with E-state index in [4.69, 9.17) is 5.26 Å². The van der Waals surface area contributed by atoms with E-state index in [0.29, 0.717) is 30.6 Å². The van der Waals surface area contributed by atoms with Gasteiger partial charge in [-0.25, -0.2) is 14.4 Å². The smallest absolute Gasteiger partial charge is 0.258 e. The van der Waals surface area contributed by atoms with Crippen molar-refractivity contribution < 1.29 is 9.18 Å². The molecule has 9 heteroatoms. The molecule has 0 atom stereocenters. The van der Waals surface area contributed by atoms with E-state index in [-0.39, 0.29) is 23.0 Å². The van der Waals surface area contributed by atoms with Gasteiger partial charge in [0.25, 0.3) is 5.91 Å². The van der Waals surface area contributed by atoms with Crippen LogP contribution in [0.1, 0.15) is 48.7 Å². The summed E-state index contributed by atoms with van der Waals surface area (Å²) < 4.78 is 16.1. The minimum atomic E-state index is -0.561. The molecule has 1 aliphatic heterocycles. The van der Waals surface area contributed by atoms with Crippen LogP contribution in [0.3, 0.4) is 0 Å². The maximum atomic E-state index is 14.5. The Hall–Kier alpha value is -4.58. The maximum Gasteiger partial charge on any atom is 0.258 e. The quantitative estimate of drug-likeness (QED) is 0.361. The number of hydrogen-bond acceptors (Lipinski definition) is 6. The zero-order chi connectivity index (χ0) is 26.9. The first-order valence-corrected chi connectivity index (χ1v) is 12.5. The van der Waals surface area contributed by atoms with E-state index in [1.165, 1.54) is 11.8 Å². The van der Waals surface area contributed by atoms with Gasteiger partial charge in [-0.3, -0.25) is 9.48 Å². The fourth-order valence-electron chi connectivity index (χ4n) is 4.49. The summed E-state index contributed by atoms with van der Waals surface area (Å²) in [5, 5.41) is 16.1. The zero-order valence-electron chi connectivity index (χ0n) is 21.6. The Labute approximate surface area is 220 Å². The fourth-order valence-corrected chi connectivity index (χ4v) is 4.49. The van der Waals surface area contributed by atoms with Gasteiger partial charge in [0.1, 0.15) is 5.69 Å². The van der Waals surface area contributed by atoms with Gasteiger partial charge in [-0.15, -0.1) is 0 Å². The molecule has 0 radical (unpaired) electrons. The molecule has 1 aliphatic rings. The molecule has 0 spiro atoms. The number of nitrogens with one attached hydrogen (secondary N) is 1. The predicted molar refractivity (Wildman–Crippen MR) is 144 cm³/mol. The van der Waals surface area contributed by atoms with Crippen molar-refractivity contribution in [3.63, 3.8) is 0 Å². The van der Waals surface area contributed by atoms with Gasteiger partial charge in [-0.1, -0.05) is 32.9 Å². The average molecular weight is 510 g/mol. The van der Waals surface area contributed by atoms with Crippen molar-refractivity contribution in [2.24, 2.45) is 0 Å². The molecule has 2 aromatic carbocycles. The van der Waals surface area contributed by atoms with Crippen LogP contribution in [0.15, 0.2) is 61.1 Å². The molecule has 3 heterocycles. The van der Waals surface area contributed by atoms with Gasteiger partial charge in [0.15, 0.2) is 5.82 Å². The molecule has 0 aliphatic carbocycles. The van der Waals surface area contributed by atoms with Crippen molar-refractivity contribution in [2.45, 2.75) is 45.6 Å². The number of fused-ring (bicyclic) bond motifs is 1. The van der Waals surface area contributed by atoms with Crippen LogP contribution in [0.4, 0.5) is 21.7 Å². The minimum absolute atomic E-state index is 0.0215. The number of nitriles is 1. The summed E-state index contributed by atoms with van der Waals surface area (Å²) in [7, 11) is 0. The lowest BCUT2D eigenvalue weighted by Crippen LogP contribution is -2.28. The Morgan fingerprint density at radius 2 is 1.95 bits per heavy atom. The van der Waals surface area contributed by atoms with E-state index in [0.717, 1.165) is 29.6 Å². The molecule has 192 valence electrons. The second-order valence-electron chi connectivity index (χ2n) is 10.3. The van der Waals surface area contributed by atoms with E-state index in [1.807, 2.05) is 47.4 Å². The largest absolute Gasteiger partial charge is 0.324 e. The third kappa shape index (κ3) is 5.11. The molecular weight excluding hydrogens is 481 g/mol. The van der Waals surface area contributed by atoms with Crippen molar-refractivity contribution >= 4 is 23.2 Å². The highest BCUT2D eigenvalue weighted by molar-refractivity contribution is 6.07. The van der Waals surface area contributed by atoms with Crippen molar-refractivity contribution in [1.82, 2.24) is 19.7 Å². The first kappa shape index (κ1) is 25.1. The number of aromatic nitrogens is 4. The minimum Gasteiger partial charge on any atom is -0.324 e. The molecule has 1 N–H and O–H groups in total. The van der Waals surface area contributed by atoms with Crippen molar-refractivity contribution in [1.29, 1.82) is 5.26 Å². The number of aryl methyl sites for hydroxylation is 1. The number of anilines is 3. The average Bonchev–Trinajstić information content (AvgIpc) is 3.55. The van der Waals surface area contributed by atoms with E-state index < -0.39 is 5.82 Å². The van der Waals surface area contributed by atoms with E-state index >= 15 is 0 Å². The lowest BCUT2D eigenvalue weighted by atomic mass is 9.86. The Bertz CT molecular complexity index is 1530. The molecule has 0 saturated heterocycles. The highest BCUT2D eigenvalue weighted by Gasteiger charge is 2.26. The fraction of sp³-hybridized carbons (Fsp3) is 0.276. The molecule has 4 aromatic rings. The SMILES string of the molecule is CC(C)(C)c1ccc(C(=O)N2CCc3cc(Nc4ncc(F)c(-c5cnn(CCC#N)c5)n4)ccc32)cc1. The Kier molecular flexibility index (Phi) is 6.64. The summed E-state index contributed by atoms with van der Waals surface area (Å²) in [4.78, 5) is 23.5. The maximum absolute atomic E-state index is 14.5. The molecule has 38 heavy (non-hydrogen) atoms. The lowest BCUT2D eigenvalue weighted by molar-refractivity contribution is 0.0989. The standard InChI is InChI=1S/C29H28FN7O/c1-29(2,3)22-7-5-19(6-8-22)27(38)37-14-11-20-15-23(9-10-25(20)37)34-28-32-17-24(30)26(35-28)21-16-33-36(18-21)13-4-12-31/h5-10,15-18H,4,11,13-14H2,1-3H3,(H,32,34,35). The normalized spacial score (nSPS) is 12.8. The van der Waals surface area contributed by atoms with Crippen LogP contribution < -0.4 is 10.2 Å². The van der Waals surface area contributed by atoms with Gasteiger partial charge < -0.3 is 10.2 Å². The Morgan fingerprint density at radius 1 is 1.16 bits per heavy atom. The summed E-state index contributed by atoms with van der Waals surface area (Å²) in [5.41, 5.74) is 5.17. The molecule has 0 fully saturated rings. The van der Waals surface area contributed by atoms with Crippen LogP contribution in [0.25, 0.3) is 11.3 Å². The summed E-state index contributed by atoms with van der Waals surface area (Å²) in [6.45, 7) is 7.47. The van der Waals surface area contributed by atoms with E-state index in [9.17, 15) is 9.18 Å². The molecule has 0 unspecified atom stereocenters. The number of amides is 1. The summed E-state index contributed by atoms with van der Waals surface area (Å²) in [6, 6.07) is 15.6. The lowest BCUT2D eigenvalue weighted by Gasteiger charge is -2.21. The third-order valence-electron chi connectivity index (χ3n) is 6.58.